The molecule has 0 saturated heterocycles. The Balaban J connectivity index is 1.67. The molecule has 172 valence electrons. The first-order valence-corrected chi connectivity index (χ1v) is 13.0. The van der Waals surface area contributed by atoms with Crippen molar-refractivity contribution in [1.82, 2.24) is 10.2 Å². The molecule has 0 heterocycles. The third-order valence-electron chi connectivity index (χ3n) is 5.67. The summed E-state index contributed by atoms with van der Waals surface area (Å²) in [6.07, 6.45) is 4.26. The van der Waals surface area contributed by atoms with E-state index in [0.717, 1.165) is 36.8 Å². The van der Waals surface area contributed by atoms with Crippen molar-refractivity contribution >= 4 is 58.4 Å². The number of nitrogens with zero attached hydrogens (tertiary/aromatic N) is 1. The molecule has 3 rings (SSSR count). The number of rotatable bonds is 9. The summed E-state index contributed by atoms with van der Waals surface area (Å²) in [5, 5.41) is 4.91. The maximum atomic E-state index is 13.2. The summed E-state index contributed by atoms with van der Waals surface area (Å²) in [7, 11) is 0. The minimum Gasteiger partial charge on any atom is -0.352 e. The van der Waals surface area contributed by atoms with Crippen LogP contribution in [0.15, 0.2) is 42.5 Å². The van der Waals surface area contributed by atoms with Crippen LogP contribution in [0.2, 0.25) is 15.1 Å². The molecule has 2 aromatic carbocycles. The summed E-state index contributed by atoms with van der Waals surface area (Å²) in [6, 6.07) is 12.3. The normalized spacial score (nSPS) is 14.9. The molecule has 0 radical (unpaired) electrons. The van der Waals surface area contributed by atoms with Crippen molar-refractivity contribution in [3.05, 3.63) is 68.7 Å². The number of carbonyl (C=O) groups excluding carboxylic acids is 2. The molecule has 2 aromatic rings. The van der Waals surface area contributed by atoms with E-state index in [4.69, 9.17) is 34.8 Å². The Bertz CT molecular complexity index is 913. The van der Waals surface area contributed by atoms with Gasteiger partial charge in [-0.25, -0.2) is 0 Å². The third-order valence-corrected chi connectivity index (χ3v) is 7.57. The average molecular weight is 514 g/mol. The first kappa shape index (κ1) is 25.2. The molecule has 0 bridgehead atoms. The van der Waals surface area contributed by atoms with E-state index in [1.54, 1.807) is 42.2 Å². The lowest BCUT2D eigenvalue weighted by molar-refractivity contribution is -0.138. The predicted octanol–water partition coefficient (Wildman–Crippen LogP) is 6.36. The van der Waals surface area contributed by atoms with E-state index >= 15 is 0 Å². The van der Waals surface area contributed by atoms with Crippen molar-refractivity contribution in [1.29, 1.82) is 0 Å². The van der Waals surface area contributed by atoms with Crippen LogP contribution < -0.4 is 5.32 Å². The Labute approximate surface area is 209 Å². The second-order valence-electron chi connectivity index (χ2n) is 8.01. The molecule has 0 unspecified atom stereocenters. The van der Waals surface area contributed by atoms with Crippen molar-refractivity contribution in [2.24, 2.45) is 0 Å². The number of thioether (sulfide) groups is 1. The first-order valence-electron chi connectivity index (χ1n) is 10.7. The third kappa shape index (κ3) is 7.05. The monoisotopic (exact) mass is 512 g/mol. The molecular formula is C24H27Cl3N2O2S. The molecule has 0 aliphatic heterocycles. The Hall–Kier alpha value is -1.40. The molecule has 32 heavy (non-hydrogen) atoms. The number of hydrogen-bond acceptors (Lipinski definition) is 3. The van der Waals surface area contributed by atoms with Gasteiger partial charge in [0, 0.05) is 33.4 Å². The van der Waals surface area contributed by atoms with Crippen LogP contribution in [0.4, 0.5) is 0 Å². The van der Waals surface area contributed by atoms with Gasteiger partial charge in [0.15, 0.2) is 0 Å². The highest BCUT2D eigenvalue weighted by atomic mass is 35.5. The van der Waals surface area contributed by atoms with E-state index < -0.39 is 6.04 Å². The fraction of sp³-hybridized carbons (Fsp3) is 0.417. The highest BCUT2D eigenvalue weighted by Gasteiger charge is 2.28. The number of amides is 2. The minimum atomic E-state index is -0.580. The molecule has 1 aliphatic rings. The van der Waals surface area contributed by atoms with Crippen LogP contribution in [-0.4, -0.2) is 34.6 Å². The van der Waals surface area contributed by atoms with Crippen LogP contribution in [0.5, 0.6) is 0 Å². The highest BCUT2D eigenvalue weighted by molar-refractivity contribution is 7.99. The molecule has 1 aliphatic carbocycles. The van der Waals surface area contributed by atoms with E-state index in [-0.39, 0.29) is 23.6 Å². The Morgan fingerprint density at radius 1 is 1.06 bits per heavy atom. The molecule has 1 saturated carbocycles. The summed E-state index contributed by atoms with van der Waals surface area (Å²) < 4.78 is 0. The van der Waals surface area contributed by atoms with E-state index in [1.165, 1.54) is 11.8 Å². The highest BCUT2D eigenvalue weighted by Crippen LogP contribution is 2.28. The SMILES string of the molecule is C[C@@H](C(=O)NC1CCCC1)N(Cc1ccc(Cl)cc1)C(=O)CSCc1c(Cl)cccc1Cl. The Morgan fingerprint density at radius 2 is 1.69 bits per heavy atom. The number of halogens is 3. The van der Waals surface area contributed by atoms with Crippen molar-refractivity contribution in [3.63, 3.8) is 0 Å². The second-order valence-corrected chi connectivity index (χ2v) is 10.2. The standard InChI is InChI=1S/C24H27Cl3N2O2S/c1-16(24(31)28-19-5-2-3-6-19)29(13-17-9-11-18(25)12-10-17)23(30)15-32-14-20-21(26)7-4-8-22(20)27/h4,7-12,16,19H,2-3,5-6,13-15H2,1H3,(H,28,31)/t16-/m0/s1. The summed E-state index contributed by atoms with van der Waals surface area (Å²) in [5.74, 6) is 0.512. The Morgan fingerprint density at radius 3 is 2.31 bits per heavy atom. The average Bonchev–Trinajstić information content (AvgIpc) is 3.27. The van der Waals surface area contributed by atoms with Gasteiger partial charge in [0.25, 0.3) is 0 Å². The topological polar surface area (TPSA) is 49.4 Å². The lowest BCUT2D eigenvalue weighted by Gasteiger charge is -2.29. The summed E-state index contributed by atoms with van der Waals surface area (Å²) in [5.41, 5.74) is 1.73. The molecule has 0 spiro atoms. The number of nitrogens with one attached hydrogen (secondary N) is 1. The van der Waals surface area contributed by atoms with E-state index in [9.17, 15) is 9.59 Å². The lowest BCUT2D eigenvalue weighted by Crippen LogP contribution is -2.50. The van der Waals surface area contributed by atoms with Crippen molar-refractivity contribution in [2.75, 3.05) is 5.75 Å². The van der Waals surface area contributed by atoms with Crippen LogP contribution in [0.1, 0.15) is 43.7 Å². The van der Waals surface area contributed by atoms with Crippen molar-refractivity contribution in [2.45, 2.75) is 57.0 Å². The second kappa shape index (κ2) is 12.2. The van der Waals surface area contributed by atoms with Gasteiger partial charge in [0.05, 0.1) is 5.75 Å². The molecule has 1 atom stereocenters. The van der Waals surface area contributed by atoms with Gasteiger partial charge in [-0.2, -0.15) is 0 Å². The predicted molar refractivity (Wildman–Crippen MR) is 134 cm³/mol. The van der Waals surface area contributed by atoms with Crippen molar-refractivity contribution < 1.29 is 9.59 Å². The largest absolute Gasteiger partial charge is 0.352 e. The molecular weight excluding hydrogens is 487 g/mol. The zero-order valence-electron chi connectivity index (χ0n) is 18.0. The zero-order chi connectivity index (χ0) is 23.1. The Kier molecular flexibility index (Phi) is 9.60. The summed E-state index contributed by atoms with van der Waals surface area (Å²) >= 11 is 19.9. The summed E-state index contributed by atoms with van der Waals surface area (Å²) in [4.78, 5) is 27.7. The maximum absolute atomic E-state index is 13.2. The van der Waals surface area contributed by atoms with Crippen LogP contribution in [-0.2, 0) is 21.9 Å². The smallest absolute Gasteiger partial charge is 0.242 e. The fourth-order valence-corrected chi connectivity index (χ4v) is 5.53. The van der Waals surface area contributed by atoms with Gasteiger partial charge in [0.2, 0.25) is 11.8 Å². The van der Waals surface area contributed by atoms with Gasteiger partial charge in [-0.15, -0.1) is 11.8 Å². The molecule has 0 aromatic heterocycles. The van der Waals surface area contributed by atoms with Gasteiger partial charge >= 0.3 is 0 Å². The number of benzene rings is 2. The number of hydrogen-bond donors (Lipinski definition) is 1. The molecule has 2 amide bonds. The lowest BCUT2D eigenvalue weighted by atomic mass is 10.1. The van der Waals surface area contributed by atoms with Crippen LogP contribution in [0.3, 0.4) is 0 Å². The molecule has 4 nitrogen and oxygen atoms in total. The van der Waals surface area contributed by atoms with Gasteiger partial charge in [0.1, 0.15) is 6.04 Å². The molecule has 1 fully saturated rings. The minimum absolute atomic E-state index is 0.109. The van der Waals surface area contributed by atoms with E-state index in [1.807, 2.05) is 12.1 Å². The van der Waals surface area contributed by atoms with Crippen molar-refractivity contribution in [3.8, 4) is 0 Å². The van der Waals surface area contributed by atoms with Gasteiger partial charge in [-0.3, -0.25) is 9.59 Å². The molecule has 1 N–H and O–H groups in total. The van der Waals surface area contributed by atoms with Gasteiger partial charge in [-0.1, -0.05) is 65.8 Å². The van der Waals surface area contributed by atoms with Crippen LogP contribution in [0, 0.1) is 0 Å². The number of carbonyl (C=O) groups is 2. The quantitative estimate of drug-likeness (QED) is 0.425. The first-order chi connectivity index (χ1) is 15.3. The maximum Gasteiger partial charge on any atom is 0.242 e. The van der Waals surface area contributed by atoms with E-state index in [2.05, 4.69) is 5.32 Å². The zero-order valence-corrected chi connectivity index (χ0v) is 21.0. The fourth-order valence-electron chi connectivity index (χ4n) is 3.75. The molecule has 8 heteroatoms. The van der Waals surface area contributed by atoms with Crippen LogP contribution in [0.25, 0.3) is 0 Å². The summed E-state index contributed by atoms with van der Waals surface area (Å²) in [6.45, 7) is 2.12. The van der Waals surface area contributed by atoms with Gasteiger partial charge < -0.3 is 10.2 Å². The van der Waals surface area contributed by atoms with Gasteiger partial charge in [-0.05, 0) is 55.2 Å². The van der Waals surface area contributed by atoms with Crippen LogP contribution >= 0.6 is 46.6 Å². The van der Waals surface area contributed by atoms with E-state index in [0.29, 0.717) is 27.4 Å².